The van der Waals surface area contributed by atoms with Crippen LogP contribution in [0.25, 0.3) is 10.8 Å². The summed E-state index contributed by atoms with van der Waals surface area (Å²) in [4.78, 5) is 12.1. The second kappa shape index (κ2) is 6.37. The molecule has 1 unspecified atom stereocenters. The van der Waals surface area contributed by atoms with E-state index in [1.54, 1.807) is 0 Å². The lowest BCUT2D eigenvalue weighted by Gasteiger charge is -2.17. The number of hydrogen-bond acceptors (Lipinski definition) is 2. The molecule has 0 aliphatic heterocycles. The van der Waals surface area contributed by atoms with E-state index in [0.29, 0.717) is 0 Å². The fraction of sp³-hybridized carbons (Fsp3) is 0.312. The number of halogens is 1. The summed E-state index contributed by atoms with van der Waals surface area (Å²) < 4.78 is 1.04. The number of hydrogen-bond donors (Lipinski definition) is 2. The monoisotopic (exact) mass is 334 g/mol. The minimum Gasteiger partial charge on any atom is -0.325 e. The Labute approximate surface area is 127 Å². The highest BCUT2D eigenvalue weighted by Gasteiger charge is 2.19. The van der Waals surface area contributed by atoms with Gasteiger partial charge in [-0.05, 0) is 41.0 Å². The molecule has 3 nitrogen and oxygen atoms in total. The number of amides is 1. The van der Waals surface area contributed by atoms with Gasteiger partial charge >= 0.3 is 0 Å². The normalized spacial score (nSPS) is 14.0. The van der Waals surface area contributed by atoms with E-state index in [4.69, 9.17) is 5.73 Å². The number of anilines is 1. The first kappa shape index (κ1) is 15.0. The van der Waals surface area contributed by atoms with Crippen LogP contribution in [0.4, 0.5) is 5.69 Å². The van der Waals surface area contributed by atoms with E-state index < -0.39 is 6.04 Å². The van der Waals surface area contributed by atoms with Crippen molar-refractivity contribution in [2.45, 2.75) is 26.3 Å². The second-order valence-corrected chi connectivity index (χ2v) is 6.02. The third-order valence-electron chi connectivity index (χ3n) is 3.63. The first-order valence-corrected chi connectivity index (χ1v) is 7.56. The smallest absolute Gasteiger partial charge is 0.241 e. The number of carbonyl (C=O) groups excluding carboxylic acids is 1. The van der Waals surface area contributed by atoms with Crippen LogP contribution in [0.3, 0.4) is 0 Å². The summed E-state index contributed by atoms with van der Waals surface area (Å²) in [5.41, 5.74) is 6.71. The molecule has 2 aromatic carbocycles. The highest BCUT2D eigenvalue weighted by Crippen LogP contribution is 2.23. The van der Waals surface area contributed by atoms with Crippen molar-refractivity contribution in [3.05, 3.63) is 40.9 Å². The first-order valence-electron chi connectivity index (χ1n) is 6.77. The van der Waals surface area contributed by atoms with E-state index >= 15 is 0 Å². The molecule has 0 fully saturated rings. The Morgan fingerprint density at radius 3 is 2.60 bits per heavy atom. The van der Waals surface area contributed by atoms with Gasteiger partial charge in [0.2, 0.25) is 5.91 Å². The fourth-order valence-corrected chi connectivity index (χ4v) is 2.41. The number of nitrogens with two attached hydrogens (primary N) is 1. The average Bonchev–Trinajstić information content (AvgIpc) is 2.45. The molecule has 0 aliphatic carbocycles. The lowest BCUT2D eigenvalue weighted by Crippen LogP contribution is -2.40. The Hall–Kier alpha value is -1.39. The zero-order valence-electron chi connectivity index (χ0n) is 11.7. The maximum Gasteiger partial charge on any atom is 0.241 e. The number of carbonyl (C=O) groups is 1. The Balaban J connectivity index is 2.18. The van der Waals surface area contributed by atoms with Crippen LogP contribution in [-0.4, -0.2) is 11.9 Å². The van der Waals surface area contributed by atoms with Gasteiger partial charge < -0.3 is 11.1 Å². The summed E-state index contributed by atoms with van der Waals surface area (Å²) in [7, 11) is 0. The van der Waals surface area contributed by atoms with Crippen molar-refractivity contribution in [2.24, 2.45) is 11.7 Å². The van der Waals surface area contributed by atoms with Gasteiger partial charge in [-0.1, -0.05) is 48.3 Å². The quantitative estimate of drug-likeness (QED) is 0.890. The van der Waals surface area contributed by atoms with Crippen LogP contribution in [0, 0.1) is 5.92 Å². The van der Waals surface area contributed by atoms with Gasteiger partial charge in [-0.25, -0.2) is 0 Å². The van der Waals surface area contributed by atoms with Crippen molar-refractivity contribution < 1.29 is 4.79 Å². The molecule has 0 radical (unpaired) electrons. The third kappa shape index (κ3) is 3.38. The summed E-state index contributed by atoms with van der Waals surface area (Å²) in [6.07, 6.45) is 0.889. The van der Waals surface area contributed by atoms with Crippen LogP contribution in [-0.2, 0) is 4.79 Å². The Bertz CT molecular complexity index is 627. The molecule has 2 aromatic rings. The maximum atomic E-state index is 12.1. The van der Waals surface area contributed by atoms with Crippen LogP contribution in [0.1, 0.15) is 20.3 Å². The molecule has 0 aromatic heterocycles. The molecule has 0 spiro atoms. The van der Waals surface area contributed by atoms with Crippen molar-refractivity contribution in [2.75, 3.05) is 5.32 Å². The molecular formula is C16H19BrN2O. The summed E-state index contributed by atoms with van der Waals surface area (Å²) in [6, 6.07) is 11.4. The van der Waals surface area contributed by atoms with Crippen molar-refractivity contribution in [3.8, 4) is 0 Å². The van der Waals surface area contributed by atoms with Crippen LogP contribution < -0.4 is 11.1 Å². The van der Waals surface area contributed by atoms with E-state index in [2.05, 4.69) is 21.2 Å². The van der Waals surface area contributed by atoms with Crippen molar-refractivity contribution in [1.82, 2.24) is 0 Å². The SMILES string of the molecule is CCC(C)[C@H](N)C(=O)Nc1ccc2cc(Br)ccc2c1. The molecule has 0 saturated carbocycles. The van der Waals surface area contributed by atoms with E-state index in [9.17, 15) is 4.79 Å². The topological polar surface area (TPSA) is 55.1 Å². The highest BCUT2D eigenvalue weighted by atomic mass is 79.9. The van der Waals surface area contributed by atoms with E-state index in [1.807, 2.05) is 50.2 Å². The van der Waals surface area contributed by atoms with Crippen LogP contribution >= 0.6 is 15.9 Å². The molecule has 4 heteroatoms. The second-order valence-electron chi connectivity index (χ2n) is 5.11. The summed E-state index contributed by atoms with van der Waals surface area (Å²) in [6.45, 7) is 4.02. The molecule has 2 rings (SSSR count). The maximum absolute atomic E-state index is 12.1. The van der Waals surface area contributed by atoms with Gasteiger partial charge in [0.1, 0.15) is 0 Å². The molecule has 3 N–H and O–H groups in total. The minimum absolute atomic E-state index is 0.129. The minimum atomic E-state index is -0.472. The van der Waals surface area contributed by atoms with Gasteiger partial charge in [0.25, 0.3) is 0 Å². The van der Waals surface area contributed by atoms with Gasteiger partial charge in [0.15, 0.2) is 0 Å². The zero-order chi connectivity index (χ0) is 14.7. The van der Waals surface area contributed by atoms with Gasteiger partial charge in [0, 0.05) is 10.2 Å². The summed E-state index contributed by atoms with van der Waals surface area (Å²) >= 11 is 3.45. The zero-order valence-corrected chi connectivity index (χ0v) is 13.3. The first-order chi connectivity index (χ1) is 9.51. The lowest BCUT2D eigenvalue weighted by atomic mass is 9.99. The molecule has 0 bridgehead atoms. The largest absolute Gasteiger partial charge is 0.325 e. The number of fused-ring (bicyclic) bond motifs is 1. The average molecular weight is 335 g/mol. The Morgan fingerprint density at radius 2 is 1.90 bits per heavy atom. The van der Waals surface area contributed by atoms with Gasteiger partial charge in [0.05, 0.1) is 6.04 Å². The fourth-order valence-electron chi connectivity index (χ4n) is 2.03. The van der Waals surface area contributed by atoms with E-state index in [-0.39, 0.29) is 11.8 Å². The van der Waals surface area contributed by atoms with Gasteiger partial charge in [-0.2, -0.15) is 0 Å². The van der Waals surface area contributed by atoms with Gasteiger partial charge in [-0.3, -0.25) is 4.79 Å². The van der Waals surface area contributed by atoms with Gasteiger partial charge in [-0.15, -0.1) is 0 Å². The molecule has 20 heavy (non-hydrogen) atoms. The molecule has 2 atom stereocenters. The third-order valence-corrected chi connectivity index (χ3v) is 4.12. The molecule has 0 heterocycles. The Kier molecular flexibility index (Phi) is 4.78. The molecule has 1 amide bonds. The number of benzene rings is 2. The predicted octanol–water partition coefficient (Wildman–Crippen LogP) is 3.91. The predicted molar refractivity (Wildman–Crippen MR) is 87.7 cm³/mol. The number of rotatable bonds is 4. The van der Waals surface area contributed by atoms with Crippen molar-refractivity contribution in [3.63, 3.8) is 0 Å². The summed E-state index contributed by atoms with van der Waals surface area (Å²) in [5, 5.41) is 5.10. The van der Waals surface area contributed by atoms with E-state index in [0.717, 1.165) is 27.4 Å². The van der Waals surface area contributed by atoms with Crippen LogP contribution in [0.5, 0.6) is 0 Å². The van der Waals surface area contributed by atoms with E-state index in [1.165, 1.54) is 0 Å². The summed E-state index contributed by atoms with van der Waals surface area (Å²) in [5.74, 6) is 0.0437. The molecular weight excluding hydrogens is 316 g/mol. The van der Waals surface area contributed by atoms with Crippen molar-refractivity contribution in [1.29, 1.82) is 0 Å². The number of nitrogens with one attached hydrogen (secondary N) is 1. The lowest BCUT2D eigenvalue weighted by molar-refractivity contribution is -0.118. The highest BCUT2D eigenvalue weighted by molar-refractivity contribution is 9.10. The Morgan fingerprint density at radius 1 is 1.25 bits per heavy atom. The molecule has 0 saturated heterocycles. The standard InChI is InChI=1S/C16H19BrN2O/c1-3-10(2)15(18)16(20)19-14-7-5-11-8-13(17)6-4-12(11)9-14/h4-10,15H,3,18H2,1-2H3,(H,19,20)/t10?,15-/m0/s1. The van der Waals surface area contributed by atoms with Crippen molar-refractivity contribution >= 4 is 38.3 Å². The van der Waals surface area contributed by atoms with Crippen LogP contribution in [0.2, 0.25) is 0 Å². The molecule has 106 valence electrons. The van der Waals surface area contributed by atoms with Crippen LogP contribution in [0.15, 0.2) is 40.9 Å². The molecule has 0 aliphatic rings.